The van der Waals surface area contributed by atoms with Gasteiger partial charge in [0.2, 0.25) is 0 Å². The maximum Gasteiger partial charge on any atom is 0.405 e. The van der Waals surface area contributed by atoms with Gasteiger partial charge >= 0.3 is 6.09 Å². The van der Waals surface area contributed by atoms with Crippen molar-refractivity contribution in [2.75, 3.05) is 4.90 Å². The van der Waals surface area contributed by atoms with Gasteiger partial charge in [-0.3, -0.25) is 9.69 Å². The summed E-state index contributed by atoms with van der Waals surface area (Å²) >= 11 is 0. The lowest BCUT2D eigenvalue weighted by Crippen LogP contribution is -2.52. The van der Waals surface area contributed by atoms with Gasteiger partial charge in [0.1, 0.15) is 6.04 Å². The molecule has 0 saturated heterocycles. The normalized spacial score (nSPS) is 21.5. The summed E-state index contributed by atoms with van der Waals surface area (Å²) in [5.41, 5.74) is 2.89. The molecule has 0 bridgehead atoms. The van der Waals surface area contributed by atoms with Crippen molar-refractivity contribution < 1.29 is 14.7 Å². The van der Waals surface area contributed by atoms with E-state index >= 15 is 0 Å². The molecule has 110 valence electrons. The number of nitrogens with zero attached hydrogens (tertiary/aromatic N) is 1. The molecule has 0 aromatic heterocycles. The minimum Gasteiger partial charge on any atom is -0.465 e. The fourth-order valence-electron chi connectivity index (χ4n) is 3.07. The first-order chi connectivity index (χ1) is 10.2. The summed E-state index contributed by atoms with van der Waals surface area (Å²) in [6.45, 7) is 0. The van der Waals surface area contributed by atoms with Crippen LogP contribution >= 0.6 is 0 Å². The van der Waals surface area contributed by atoms with Crippen LogP contribution in [0.1, 0.15) is 31.2 Å². The first-order valence-corrected chi connectivity index (χ1v) is 7.27. The van der Waals surface area contributed by atoms with Gasteiger partial charge in [-0.2, -0.15) is 0 Å². The van der Waals surface area contributed by atoms with Crippen molar-refractivity contribution in [1.82, 2.24) is 5.32 Å². The molecule has 1 aromatic carbocycles. The predicted octanol–water partition coefficient (Wildman–Crippen LogP) is 2.67. The van der Waals surface area contributed by atoms with Gasteiger partial charge in [-0.25, -0.2) is 4.79 Å². The number of nitrogens with one attached hydrogen (secondary N) is 1. The molecular formula is C16H18N2O3. The number of fused-ring (bicyclic) bond motifs is 1. The van der Waals surface area contributed by atoms with Crippen LogP contribution in [-0.2, 0) is 11.2 Å². The van der Waals surface area contributed by atoms with Crippen molar-refractivity contribution in [3.63, 3.8) is 0 Å². The molecule has 5 heteroatoms. The zero-order valence-electron chi connectivity index (χ0n) is 11.7. The van der Waals surface area contributed by atoms with Gasteiger partial charge in [-0.15, -0.1) is 0 Å². The fourth-order valence-corrected chi connectivity index (χ4v) is 3.07. The van der Waals surface area contributed by atoms with Gasteiger partial charge in [0.05, 0.1) is 5.69 Å². The second kappa shape index (κ2) is 5.60. The highest BCUT2D eigenvalue weighted by Gasteiger charge is 2.35. The average molecular weight is 286 g/mol. The standard InChI is InChI=1S/C16H18N2O3/c19-15-13(17-16(20)21)10-11-6-4-5-9-14(11)18(15)12-7-2-1-3-8-12/h4-7,9,13,17H,1-3,8,10H2,(H,20,21). The summed E-state index contributed by atoms with van der Waals surface area (Å²) in [6, 6.07) is 7.00. The minimum absolute atomic E-state index is 0.177. The Bertz CT molecular complexity index is 609. The number of para-hydroxylation sites is 1. The van der Waals surface area contributed by atoms with Gasteiger partial charge in [-0.1, -0.05) is 24.3 Å². The Balaban J connectivity index is 2.00. The molecule has 2 N–H and O–H groups in total. The molecule has 1 aliphatic heterocycles. The molecule has 3 rings (SSSR count). The van der Waals surface area contributed by atoms with Crippen LogP contribution in [0.25, 0.3) is 0 Å². The van der Waals surface area contributed by atoms with E-state index < -0.39 is 12.1 Å². The van der Waals surface area contributed by atoms with Crippen LogP contribution in [0.4, 0.5) is 10.5 Å². The van der Waals surface area contributed by atoms with Crippen molar-refractivity contribution >= 4 is 17.7 Å². The molecule has 0 radical (unpaired) electrons. The van der Waals surface area contributed by atoms with Crippen LogP contribution < -0.4 is 10.2 Å². The summed E-state index contributed by atoms with van der Waals surface area (Å²) in [7, 11) is 0. The molecule has 2 amide bonds. The lowest BCUT2D eigenvalue weighted by molar-refractivity contribution is -0.120. The van der Waals surface area contributed by atoms with E-state index in [-0.39, 0.29) is 5.91 Å². The Morgan fingerprint density at radius 2 is 2.10 bits per heavy atom. The van der Waals surface area contributed by atoms with E-state index in [1.54, 1.807) is 4.90 Å². The summed E-state index contributed by atoms with van der Waals surface area (Å²) in [5, 5.41) is 11.3. The number of allylic oxidation sites excluding steroid dienone is 2. The molecule has 1 atom stereocenters. The van der Waals surface area contributed by atoms with E-state index in [1.807, 2.05) is 24.3 Å². The predicted molar refractivity (Wildman–Crippen MR) is 79.1 cm³/mol. The molecule has 2 aliphatic rings. The molecule has 0 fully saturated rings. The van der Waals surface area contributed by atoms with Crippen LogP contribution in [0.2, 0.25) is 0 Å². The summed E-state index contributed by atoms with van der Waals surface area (Å²) in [4.78, 5) is 25.3. The van der Waals surface area contributed by atoms with Gasteiger partial charge < -0.3 is 10.4 Å². The lowest BCUT2D eigenvalue weighted by Gasteiger charge is -2.36. The monoisotopic (exact) mass is 286 g/mol. The molecule has 1 aliphatic carbocycles. The number of anilines is 1. The fraction of sp³-hybridized carbons (Fsp3) is 0.375. The van der Waals surface area contributed by atoms with Crippen molar-refractivity contribution in [3.05, 3.63) is 41.6 Å². The van der Waals surface area contributed by atoms with E-state index in [1.165, 1.54) is 0 Å². The number of carbonyl (C=O) groups is 2. The van der Waals surface area contributed by atoms with Crippen LogP contribution in [0.5, 0.6) is 0 Å². The van der Waals surface area contributed by atoms with Crippen molar-refractivity contribution in [1.29, 1.82) is 0 Å². The van der Waals surface area contributed by atoms with Gasteiger partial charge in [0.25, 0.3) is 5.91 Å². The number of amides is 2. The van der Waals surface area contributed by atoms with Crippen LogP contribution in [0.3, 0.4) is 0 Å². The van der Waals surface area contributed by atoms with Gasteiger partial charge in [-0.05, 0) is 37.3 Å². The van der Waals surface area contributed by atoms with Crippen molar-refractivity contribution in [2.24, 2.45) is 0 Å². The third-order valence-electron chi connectivity index (χ3n) is 4.03. The first-order valence-electron chi connectivity index (χ1n) is 7.27. The second-order valence-electron chi connectivity index (χ2n) is 5.45. The molecule has 5 nitrogen and oxygen atoms in total. The Morgan fingerprint density at radius 3 is 2.81 bits per heavy atom. The Kier molecular flexibility index (Phi) is 3.64. The molecule has 0 spiro atoms. The number of hydrogen-bond acceptors (Lipinski definition) is 2. The first kappa shape index (κ1) is 13.7. The maximum absolute atomic E-state index is 12.7. The largest absolute Gasteiger partial charge is 0.465 e. The number of benzene rings is 1. The topological polar surface area (TPSA) is 69.6 Å². The molecule has 1 aromatic rings. The molecule has 0 saturated carbocycles. The van der Waals surface area contributed by atoms with E-state index in [4.69, 9.17) is 5.11 Å². The third kappa shape index (κ3) is 2.63. The van der Waals surface area contributed by atoms with Crippen LogP contribution in [-0.4, -0.2) is 23.1 Å². The molecule has 21 heavy (non-hydrogen) atoms. The zero-order valence-corrected chi connectivity index (χ0v) is 11.7. The smallest absolute Gasteiger partial charge is 0.405 e. The number of carbonyl (C=O) groups excluding carboxylic acids is 1. The highest BCUT2D eigenvalue weighted by atomic mass is 16.4. The number of hydrogen-bond donors (Lipinski definition) is 2. The van der Waals surface area contributed by atoms with E-state index in [2.05, 4.69) is 11.4 Å². The summed E-state index contributed by atoms with van der Waals surface area (Å²) in [6.07, 6.45) is 5.38. The Labute approximate surface area is 123 Å². The lowest BCUT2D eigenvalue weighted by atomic mass is 9.94. The highest BCUT2D eigenvalue weighted by Crippen LogP contribution is 2.34. The Hall–Kier alpha value is -2.30. The SMILES string of the molecule is O=C(O)NC1Cc2ccccc2N(C2=CCCCC2)C1=O. The number of rotatable bonds is 2. The zero-order chi connectivity index (χ0) is 14.8. The summed E-state index contributed by atoms with van der Waals surface area (Å²) in [5.74, 6) is -0.177. The van der Waals surface area contributed by atoms with Crippen LogP contribution in [0.15, 0.2) is 36.0 Å². The van der Waals surface area contributed by atoms with E-state index in [9.17, 15) is 9.59 Å². The van der Waals surface area contributed by atoms with Gasteiger partial charge in [0, 0.05) is 12.1 Å². The average Bonchev–Trinajstić information content (AvgIpc) is 2.48. The molecule has 1 heterocycles. The second-order valence-corrected chi connectivity index (χ2v) is 5.45. The van der Waals surface area contributed by atoms with E-state index in [0.29, 0.717) is 6.42 Å². The maximum atomic E-state index is 12.7. The highest BCUT2D eigenvalue weighted by molar-refractivity contribution is 6.03. The Morgan fingerprint density at radius 1 is 1.29 bits per heavy atom. The van der Waals surface area contributed by atoms with Gasteiger partial charge in [0.15, 0.2) is 0 Å². The number of carboxylic acid groups (broad SMARTS) is 1. The quantitative estimate of drug-likeness (QED) is 0.878. The van der Waals surface area contributed by atoms with Crippen molar-refractivity contribution in [3.8, 4) is 0 Å². The molecule has 1 unspecified atom stereocenters. The van der Waals surface area contributed by atoms with Crippen molar-refractivity contribution in [2.45, 2.75) is 38.1 Å². The molecular weight excluding hydrogens is 268 g/mol. The van der Waals surface area contributed by atoms with E-state index in [0.717, 1.165) is 42.6 Å². The minimum atomic E-state index is -1.16. The third-order valence-corrected chi connectivity index (χ3v) is 4.03. The summed E-state index contributed by atoms with van der Waals surface area (Å²) < 4.78 is 0. The van der Waals surface area contributed by atoms with Crippen LogP contribution in [0, 0.1) is 0 Å².